The summed E-state index contributed by atoms with van der Waals surface area (Å²) in [5.41, 5.74) is 0.830. The number of benzene rings is 1. The van der Waals surface area contributed by atoms with E-state index in [1.807, 2.05) is 6.07 Å². The highest BCUT2D eigenvalue weighted by molar-refractivity contribution is 6.30. The summed E-state index contributed by atoms with van der Waals surface area (Å²) in [5.74, 6) is 0.00885. The summed E-state index contributed by atoms with van der Waals surface area (Å²) in [5, 5.41) is 40.0. The molecule has 0 atom stereocenters. The first-order valence-corrected chi connectivity index (χ1v) is 5.03. The van der Waals surface area contributed by atoms with Crippen LogP contribution in [-0.4, -0.2) is 32.6 Å². The summed E-state index contributed by atoms with van der Waals surface area (Å²) in [7, 11) is -2.17. The molecule has 0 amide bonds. The van der Waals surface area contributed by atoms with E-state index >= 15 is 0 Å². The van der Waals surface area contributed by atoms with Crippen LogP contribution in [0.25, 0.3) is 0 Å². The SMILES string of the molecule is CCCCc1cccc(O)c1O.OB(O)O. The van der Waals surface area contributed by atoms with Crippen molar-refractivity contribution in [1.29, 1.82) is 0 Å². The Balaban J connectivity index is 0.000000487. The van der Waals surface area contributed by atoms with Gasteiger partial charge in [0, 0.05) is 0 Å². The minimum absolute atomic E-state index is 0.0244. The summed E-state index contributed by atoms with van der Waals surface area (Å²) in [6.45, 7) is 2.10. The summed E-state index contributed by atoms with van der Waals surface area (Å²) in [6.07, 6.45) is 2.96. The van der Waals surface area contributed by atoms with Gasteiger partial charge in [-0.2, -0.15) is 0 Å². The van der Waals surface area contributed by atoms with Crippen LogP contribution in [-0.2, 0) is 6.42 Å². The molecule has 0 radical (unpaired) electrons. The molecular weight excluding hydrogens is 211 g/mol. The number of phenols is 2. The van der Waals surface area contributed by atoms with Crippen LogP contribution >= 0.6 is 0 Å². The second-order valence-electron chi connectivity index (χ2n) is 3.23. The Hall–Kier alpha value is -1.24. The zero-order valence-electron chi connectivity index (χ0n) is 9.17. The van der Waals surface area contributed by atoms with Gasteiger partial charge in [0.1, 0.15) is 0 Å². The van der Waals surface area contributed by atoms with Crippen molar-refractivity contribution in [2.45, 2.75) is 26.2 Å². The summed E-state index contributed by atoms with van der Waals surface area (Å²) in [4.78, 5) is 0. The maximum atomic E-state index is 9.37. The number of hydrogen-bond donors (Lipinski definition) is 5. The first kappa shape index (κ1) is 14.8. The molecule has 0 aromatic heterocycles. The van der Waals surface area contributed by atoms with Gasteiger partial charge in [0.05, 0.1) is 0 Å². The van der Waals surface area contributed by atoms with Crippen molar-refractivity contribution in [3.63, 3.8) is 0 Å². The van der Waals surface area contributed by atoms with E-state index in [-0.39, 0.29) is 11.5 Å². The molecule has 0 bridgehead atoms. The fraction of sp³-hybridized carbons (Fsp3) is 0.400. The van der Waals surface area contributed by atoms with Gasteiger partial charge in [0.15, 0.2) is 11.5 Å². The minimum Gasteiger partial charge on any atom is -0.504 e. The standard InChI is InChI=1S/C10H14O2.BH3O3/c1-2-3-5-8-6-4-7-9(11)10(8)12;2-1(3)4/h4,6-7,11-12H,2-3,5H2,1H3;2-4H. The Labute approximate surface area is 94.8 Å². The average Bonchev–Trinajstić information content (AvgIpc) is 2.19. The number of hydrogen-bond acceptors (Lipinski definition) is 5. The molecule has 0 aliphatic heterocycles. The fourth-order valence-electron chi connectivity index (χ4n) is 1.15. The van der Waals surface area contributed by atoms with Crippen LogP contribution in [0.15, 0.2) is 18.2 Å². The van der Waals surface area contributed by atoms with Crippen molar-refractivity contribution < 1.29 is 25.3 Å². The van der Waals surface area contributed by atoms with Crippen LogP contribution in [0.2, 0.25) is 0 Å². The van der Waals surface area contributed by atoms with Crippen LogP contribution in [0.1, 0.15) is 25.3 Å². The Bertz CT molecular complexity index is 301. The molecule has 90 valence electrons. The highest BCUT2D eigenvalue weighted by Crippen LogP contribution is 2.28. The molecule has 6 heteroatoms. The van der Waals surface area contributed by atoms with E-state index in [9.17, 15) is 5.11 Å². The van der Waals surface area contributed by atoms with E-state index < -0.39 is 7.32 Å². The predicted octanol–water partition coefficient (Wildman–Crippen LogP) is 0.389. The lowest BCUT2D eigenvalue weighted by Gasteiger charge is -2.04. The molecule has 0 spiro atoms. The Kier molecular flexibility index (Phi) is 7.36. The number of phenolic OH excluding ortho intramolecular Hbond substituents is 2. The van der Waals surface area contributed by atoms with Gasteiger partial charge in [-0.1, -0.05) is 25.5 Å². The topological polar surface area (TPSA) is 101 Å². The number of unbranched alkanes of at least 4 members (excludes halogenated alkanes) is 1. The van der Waals surface area contributed by atoms with Crippen molar-refractivity contribution >= 4 is 7.32 Å². The molecule has 0 aliphatic rings. The fourth-order valence-corrected chi connectivity index (χ4v) is 1.15. The summed E-state index contributed by atoms with van der Waals surface area (Å²) >= 11 is 0. The summed E-state index contributed by atoms with van der Waals surface area (Å²) < 4.78 is 0. The van der Waals surface area contributed by atoms with Gasteiger partial charge in [-0.3, -0.25) is 0 Å². The molecule has 0 aliphatic carbocycles. The molecule has 1 aromatic rings. The first-order valence-electron chi connectivity index (χ1n) is 5.03. The Morgan fingerprint density at radius 3 is 2.19 bits per heavy atom. The van der Waals surface area contributed by atoms with Crippen molar-refractivity contribution in [3.8, 4) is 11.5 Å². The highest BCUT2D eigenvalue weighted by Gasteiger charge is 2.03. The molecule has 0 fully saturated rings. The van der Waals surface area contributed by atoms with Crippen molar-refractivity contribution in [2.24, 2.45) is 0 Å². The van der Waals surface area contributed by atoms with E-state index in [4.69, 9.17) is 20.2 Å². The molecule has 1 aromatic carbocycles. The van der Waals surface area contributed by atoms with Gasteiger partial charge < -0.3 is 25.3 Å². The molecule has 5 N–H and O–H groups in total. The van der Waals surface area contributed by atoms with Gasteiger partial charge in [-0.15, -0.1) is 0 Å². The average molecular weight is 228 g/mol. The van der Waals surface area contributed by atoms with Crippen LogP contribution in [0.3, 0.4) is 0 Å². The number of rotatable bonds is 3. The molecule has 0 saturated heterocycles. The van der Waals surface area contributed by atoms with E-state index in [0.717, 1.165) is 24.8 Å². The van der Waals surface area contributed by atoms with Crippen molar-refractivity contribution in [1.82, 2.24) is 0 Å². The number of para-hydroxylation sites is 1. The Morgan fingerprint density at radius 1 is 1.12 bits per heavy atom. The van der Waals surface area contributed by atoms with Crippen molar-refractivity contribution in [2.75, 3.05) is 0 Å². The molecule has 5 nitrogen and oxygen atoms in total. The molecule has 0 heterocycles. The maximum absolute atomic E-state index is 9.37. The van der Waals surface area contributed by atoms with Gasteiger partial charge in [-0.05, 0) is 24.5 Å². The molecule has 0 saturated carbocycles. The lowest BCUT2D eigenvalue weighted by molar-refractivity contribution is 0.278. The third kappa shape index (κ3) is 6.29. The van der Waals surface area contributed by atoms with Crippen LogP contribution in [0, 0.1) is 0 Å². The van der Waals surface area contributed by atoms with Gasteiger partial charge in [0.25, 0.3) is 0 Å². The molecular formula is C10H17BO5. The van der Waals surface area contributed by atoms with Gasteiger partial charge in [-0.25, -0.2) is 0 Å². The zero-order valence-corrected chi connectivity index (χ0v) is 9.17. The molecule has 16 heavy (non-hydrogen) atoms. The highest BCUT2D eigenvalue weighted by atomic mass is 16.5. The smallest absolute Gasteiger partial charge is 0.504 e. The second-order valence-corrected chi connectivity index (χ2v) is 3.23. The third-order valence-electron chi connectivity index (χ3n) is 1.90. The lowest BCUT2D eigenvalue weighted by Crippen LogP contribution is -2.07. The molecule has 0 unspecified atom stereocenters. The van der Waals surface area contributed by atoms with Crippen molar-refractivity contribution in [3.05, 3.63) is 23.8 Å². The Morgan fingerprint density at radius 2 is 1.69 bits per heavy atom. The maximum Gasteiger partial charge on any atom is 0.631 e. The minimum atomic E-state index is -2.17. The third-order valence-corrected chi connectivity index (χ3v) is 1.90. The largest absolute Gasteiger partial charge is 0.631 e. The lowest BCUT2D eigenvalue weighted by atomic mass is 10.1. The van der Waals surface area contributed by atoms with E-state index in [1.54, 1.807) is 6.07 Å². The normalized spacial score (nSPS) is 9.25. The van der Waals surface area contributed by atoms with E-state index in [2.05, 4.69) is 6.92 Å². The zero-order chi connectivity index (χ0) is 12.6. The van der Waals surface area contributed by atoms with E-state index in [0.29, 0.717) is 0 Å². The molecule has 1 rings (SSSR count). The van der Waals surface area contributed by atoms with Gasteiger partial charge in [0.2, 0.25) is 0 Å². The number of aromatic hydroxyl groups is 2. The summed E-state index contributed by atoms with van der Waals surface area (Å²) in [6, 6.07) is 5.08. The first-order chi connectivity index (χ1) is 7.49. The van der Waals surface area contributed by atoms with Crippen LogP contribution < -0.4 is 0 Å². The monoisotopic (exact) mass is 228 g/mol. The van der Waals surface area contributed by atoms with Crippen LogP contribution in [0.5, 0.6) is 11.5 Å². The predicted molar refractivity (Wildman–Crippen MR) is 60.8 cm³/mol. The number of aryl methyl sites for hydroxylation is 1. The van der Waals surface area contributed by atoms with E-state index in [1.165, 1.54) is 6.07 Å². The quantitative estimate of drug-likeness (QED) is 0.380. The van der Waals surface area contributed by atoms with Crippen LogP contribution in [0.4, 0.5) is 0 Å². The second kappa shape index (κ2) is 7.98. The van der Waals surface area contributed by atoms with Gasteiger partial charge >= 0.3 is 7.32 Å².